The molecule has 1 fully saturated rings. The Morgan fingerprint density at radius 2 is 1.90 bits per heavy atom. The molecule has 0 aliphatic heterocycles. The first-order valence-electron chi connectivity index (χ1n) is 6.90. The highest BCUT2D eigenvalue weighted by Gasteiger charge is 2.36. The van der Waals surface area contributed by atoms with E-state index in [1.807, 2.05) is 18.2 Å². The van der Waals surface area contributed by atoms with E-state index in [9.17, 15) is 13.2 Å². The Hall–Kier alpha value is -1.40. The number of hydrogen-bond donors (Lipinski definition) is 1. The van der Waals surface area contributed by atoms with E-state index in [0.717, 1.165) is 16.9 Å². The molecular formula is C15H15F3N2S. The molecule has 1 aliphatic carbocycles. The van der Waals surface area contributed by atoms with Gasteiger partial charge in [-0.25, -0.2) is 4.98 Å². The fourth-order valence-corrected chi connectivity index (χ4v) is 3.09. The van der Waals surface area contributed by atoms with Gasteiger partial charge in [-0.05, 0) is 19.3 Å². The van der Waals surface area contributed by atoms with Crippen molar-refractivity contribution in [3.05, 3.63) is 40.2 Å². The zero-order chi connectivity index (χ0) is 14.9. The predicted octanol–water partition coefficient (Wildman–Crippen LogP) is 4.12. The lowest BCUT2D eigenvalue weighted by molar-refractivity contribution is -0.137. The first-order chi connectivity index (χ1) is 10.0. The number of rotatable bonds is 5. The van der Waals surface area contributed by atoms with Gasteiger partial charge in [0.05, 0.1) is 5.69 Å². The van der Waals surface area contributed by atoms with Crippen LogP contribution in [0.4, 0.5) is 13.2 Å². The summed E-state index contributed by atoms with van der Waals surface area (Å²) in [5.74, 6) is 0. The van der Waals surface area contributed by atoms with E-state index in [1.165, 1.54) is 12.8 Å². The van der Waals surface area contributed by atoms with Gasteiger partial charge in [0.2, 0.25) is 0 Å². The van der Waals surface area contributed by atoms with E-state index in [0.29, 0.717) is 29.6 Å². The number of aromatic nitrogens is 1. The van der Waals surface area contributed by atoms with Crippen molar-refractivity contribution < 1.29 is 13.2 Å². The molecule has 0 saturated heterocycles. The molecule has 0 bridgehead atoms. The molecule has 0 atom stereocenters. The van der Waals surface area contributed by atoms with E-state index in [1.54, 1.807) is 12.1 Å². The molecular weight excluding hydrogens is 297 g/mol. The van der Waals surface area contributed by atoms with Gasteiger partial charge in [-0.2, -0.15) is 13.2 Å². The molecule has 112 valence electrons. The molecule has 1 N–H and O–H groups in total. The molecule has 2 nitrogen and oxygen atoms in total. The van der Waals surface area contributed by atoms with Crippen molar-refractivity contribution in [2.45, 2.75) is 31.5 Å². The zero-order valence-corrected chi connectivity index (χ0v) is 12.1. The van der Waals surface area contributed by atoms with Crippen molar-refractivity contribution in [1.29, 1.82) is 0 Å². The minimum atomic E-state index is -4.38. The number of hydrogen-bond acceptors (Lipinski definition) is 3. The normalized spacial score (nSPS) is 15.4. The predicted molar refractivity (Wildman–Crippen MR) is 77.3 cm³/mol. The Balaban J connectivity index is 1.85. The topological polar surface area (TPSA) is 24.9 Å². The maximum Gasteiger partial charge on any atom is 0.443 e. The number of alkyl halides is 3. The standard InChI is InChI=1S/C15H15F3N2S/c16-15(17,18)14-20-13(10-4-2-1-3-5-10)12(21-14)8-9-19-11-6-7-11/h1-5,11,19H,6-9H2. The number of halogens is 3. The first kappa shape index (κ1) is 14.5. The summed E-state index contributed by atoms with van der Waals surface area (Å²) in [5, 5.41) is 2.57. The van der Waals surface area contributed by atoms with Crippen LogP contribution in [-0.4, -0.2) is 17.6 Å². The molecule has 1 aromatic carbocycles. The van der Waals surface area contributed by atoms with Crippen molar-refractivity contribution in [3.8, 4) is 11.3 Å². The van der Waals surface area contributed by atoms with Gasteiger partial charge in [-0.15, -0.1) is 11.3 Å². The van der Waals surface area contributed by atoms with Crippen LogP contribution < -0.4 is 5.32 Å². The summed E-state index contributed by atoms with van der Waals surface area (Å²) >= 11 is 0.757. The van der Waals surface area contributed by atoms with Crippen LogP contribution in [0.5, 0.6) is 0 Å². The second-order valence-corrected chi connectivity index (χ2v) is 6.22. The summed E-state index contributed by atoms with van der Waals surface area (Å²) in [6, 6.07) is 9.62. The molecule has 1 aromatic heterocycles. The van der Waals surface area contributed by atoms with Crippen molar-refractivity contribution in [2.75, 3.05) is 6.54 Å². The number of benzene rings is 1. The molecule has 2 aromatic rings. The van der Waals surface area contributed by atoms with Crippen molar-refractivity contribution in [1.82, 2.24) is 10.3 Å². The highest BCUT2D eigenvalue weighted by Crippen LogP contribution is 2.37. The molecule has 0 radical (unpaired) electrons. The van der Waals surface area contributed by atoms with Crippen LogP contribution in [0.2, 0.25) is 0 Å². The molecule has 1 heterocycles. The number of nitrogens with one attached hydrogen (secondary N) is 1. The summed E-state index contributed by atoms with van der Waals surface area (Å²) in [7, 11) is 0. The summed E-state index contributed by atoms with van der Waals surface area (Å²) in [6.07, 6.45) is -1.46. The maximum atomic E-state index is 12.9. The van der Waals surface area contributed by atoms with E-state index in [4.69, 9.17) is 0 Å². The van der Waals surface area contributed by atoms with Crippen molar-refractivity contribution in [3.63, 3.8) is 0 Å². The monoisotopic (exact) mass is 312 g/mol. The Labute approximate surface area is 125 Å². The van der Waals surface area contributed by atoms with Gasteiger partial charge in [0.25, 0.3) is 0 Å². The van der Waals surface area contributed by atoms with E-state index >= 15 is 0 Å². The highest BCUT2D eigenvalue weighted by atomic mass is 32.1. The lowest BCUT2D eigenvalue weighted by Crippen LogP contribution is -2.19. The van der Waals surface area contributed by atoms with Crippen LogP contribution in [0, 0.1) is 0 Å². The fraction of sp³-hybridized carbons (Fsp3) is 0.400. The molecule has 1 aliphatic rings. The van der Waals surface area contributed by atoms with Gasteiger partial charge in [-0.3, -0.25) is 0 Å². The Morgan fingerprint density at radius 1 is 1.19 bits per heavy atom. The van der Waals surface area contributed by atoms with Crippen LogP contribution in [-0.2, 0) is 12.6 Å². The molecule has 0 unspecified atom stereocenters. The molecule has 0 spiro atoms. The smallest absolute Gasteiger partial charge is 0.314 e. The van der Waals surface area contributed by atoms with Gasteiger partial charge >= 0.3 is 6.18 Å². The van der Waals surface area contributed by atoms with Gasteiger partial charge in [-0.1, -0.05) is 30.3 Å². The average Bonchev–Trinajstić information content (AvgIpc) is 3.16. The number of nitrogens with zero attached hydrogens (tertiary/aromatic N) is 1. The fourth-order valence-electron chi connectivity index (χ4n) is 2.14. The van der Waals surface area contributed by atoms with Crippen molar-refractivity contribution >= 4 is 11.3 Å². The van der Waals surface area contributed by atoms with Crippen LogP contribution in [0.15, 0.2) is 30.3 Å². The lowest BCUT2D eigenvalue weighted by Gasteiger charge is -2.03. The van der Waals surface area contributed by atoms with Gasteiger partial charge in [0.1, 0.15) is 0 Å². The van der Waals surface area contributed by atoms with E-state index < -0.39 is 11.2 Å². The summed E-state index contributed by atoms with van der Waals surface area (Å²) in [5.41, 5.74) is 1.20. The third-order valence-corrected chi connectivity index (χ3v) is 4.51. The van der Waals surface area contributed by atoms with Crippen LogP contribution in [0.1, 0.15) is 22.7 Å². The third-order valence-electron chi connectivity index (χ3n) is 3.35. The molecule has 0 amide bonds. The minimum Gasteiger partial charge on any atom is -0.314 e. The molecule has 21 heavy (non-hydrogen) atoms. The summed E-state index contributed by atoms with van der Waals surface area (Å²) in [6.45, 7) is 0.698. The molecule has 3 rings (SSSR count). The Kier molecular flexibility index (Phi) is 3.99. The van der Waals surface area contributed by atoms with Gasteiger partial charge in [0.15, 0.2) is 5.01 Å². The van der Waals surface area contributed by atoms with Crippen LogP contribution >= 0.6 is 11.3 Å². The number of thiazole rings is 1. The largest absolute Gasteiger partial charge is 0.443 e. The zero-order valence-electron chi connectivity index (χ0n) is 11.3. The SMILES string of the molecule is FC(F)(F)c1nc(-c2ccccc2)c(CCNC2CC2)s1. The first-order valence-corrected chi connectivity index (χ1v) is 7.71. The lowest BCUT2D eigenvalue weighted by atomic mass is 10.1. The molecule has 1 saturated carbocycles. The van der Waals surface area contributed by atoms with Gasteiger partial charge in [0, 0.05) is 23.0 Å². The van der Waals surface area contributed by atoms with Crippen LogP contribution in [0.25, 0.3) is 11.3 Å². The quantitative estimate of drug-likeness (QED) is 0.898. The second kappa shape index (κ2) is 5.77. The van der Waals surface area contributed by atoms with E-state index in [2.05, 4.69) is 10.3 Å². The average molecular weight is 312 g/mol. The van der Waals surface area contributed by atoms with Crippen LogP contribution in [0.3, 0.4) is 0 Å². The Bertz CT molecular complexity index is 603. The molecule has 6 heteroatoms. The van der Waals surface area contributed by atoms with Crippen molar-refractivity contribution in [2.24, 2.45) is 0 Å². The second-order valence-electron chi connectivity index (χ2n) is 5.13. The Morgan fingerprint density at radius 3 is 2.52 bits per heavy atom. The third kappa shape index (κ3) is 3.63. The summed E-state index contributed by atoms with van der Waals surface area (Å²) in [4.78, 5) is 4.53. The highest BCUT2D eigenvalue weighted by molar-refractivity contribution is 7.12. The van der Waals surface area contributed by atoms with Gasteiger partial charge < -0.3 is 5.32 Å². The summed E-state index contributed by atoms with van der Waals surface area (Å²) < 4.78 is 38.7. The van der Waals surface area contributed by atoms with E-state index in [-0.39, 0.29) is 0 Å². The maximum absolute atomic E-state index is 12.9. The minimum absolute atomic E-state index is 0.463.